The number of methoxy groups -OCH3 is 1. The number of hydrazine groups is 1. The van der Waals surface area contributed by atoms with E-state index in [2.05, 4.69) is 4.74 Å². The summed E-state index contributed by atoms with van der Waals surface area (Å²) in [6, 6.07) is 0. The second-order valence-electron chi connectivity index (χ2n) is 1.69. The lowest BCUT2D eigenvalue weighted by Crippen LogP contribution is -2.44. The molecule has 64 valence electrons. The highest BCUT2D eigenvalue weighted by molar-refractivity contribution is 5.82. The van der Waals surface area contributed by atoms with Gasteiger partial charge in [-0.25, -0.2) is 0 Å². The SMILES string of the molecule is COCC(=O)NNC(=O)CO. The van der Waals surface area contributed by atoms with Crippen molar-refractivity contribution in [3.05, 3.63) is 0 Å². The van der Waals surface area contributed by atoms with E-state index in [-0.39, 0.29) is 6.61 Å². The Labute approximate surface area is 63.5 Å². The highest BCUT2D eigenvalue weighted by atomic mass is 16.5. The van der Waals surface area contributed by atoms with Gasteiger partial charge in [-0.15, -0.1) is 0 Å². The zero-order valence-corrected chi connectivity index (χ0v) is 6.09. The van der Waals surface area contributed by atoms with Gasteiger partial charge in [0.05, 0.1) is 0 Å². The van der Waals surface area contributed by atoms with Gasteiger partial charge in [0.2, 0.25) is 0 Å². The Balaban J connectivity index is 3.38. The average Bonchev–Trinajstić information content (AvgIpc) is 2.01. The third-order valence-corrected chi connectivity index (χ3v) is 0.760. The minimum atomic E-state index is -0.672. The van der Waals surface area contributed by atoms with E-state index in [1.54, 1.807) is 0 Å². The third kappa shape index (κ3) is 5.31. The van der Waals surface area contributed by atoms with Crippen LogP contribution in [0.4, 0.5) is 0 Å². The van der Waals surface area contributed by atoms with Crippen LogP contribution in [0, 0.1) is 0 Å². The van der Waals surface area contributed by atoms with Gasteiger partial charge in [-0.1, -0.05) is 0 Å². The van der Waals surface area contributed by atoms with E-state index >= 15 is 0 Å². The number of aliphatic hydroxyl groups excluding tert-OH is 1. The molecule has 0 bridgehead atoms. The first-order valence-electron chi connectivity index (χ1n) is 2.88. The van der Waals surface area contributed by atoms with Crippen LogP contribution in [0.2, 0.25) is 0 Å². The Morgan fingerprint density at radius 1 is 1.36 bits per heavy atom. The summed E-state index contributed by atoms with van der Waals surface area (Å²) < 4.78 is 4.44. The lowest BCUT2D eigenvalue weighted by molar-refractivity contribution is -0.132. The molecule has 0 fully saturated rings. The summed E-state index contributed by atoms with van der Waals surface area (Å²) in [5, 5.41) is 8.18. The molecule has 0 unspecified atom stereocenters. The van der Waals surface area contributed by atoms with E-state index in [0.29, 0.717) is 0 Å². The van der Waals surface area contributed by atoms with Crippen LogP contribution < -0.4 is 10.9 Å². The van der Waals surface area contributed by atoms with Gasteiger partial charge in [-0.2, -0.15) is 0 Å². The maximum atomic E-state index is 10.5. The van der Waals surface area contributed by atoms with Gasteiger partial charge in [-0.05, 0) is 0 Å². The summed E-state index contributed by atoms with van der Waals surface area (Å²) in [7, 11) is 1.35. The molecule has 0 aliphatic rings. The molecule has 0 rings (SSSR count). The highest BCUT2D eigenvalue weighted by Gasteiger charge is 2.00. The largest absolute Gasteiger partial charge is 0.386 e. The Kier molecular flexibility index (Phi) is 5.05. The summed E-state index contributed by atoms with van der Waals surface area (Å²) in [5.41, 5.74) is 3.96. The Morgan fingerprint density at radius 2 is 1.91 bits per heavy atom. The average molecular weight is 162 g/mol. The summed E-state index contributed by atoms with van der Waals surface area (Å²) in [6.45, 7) is -0.793. The summed E-state index contributed by atoms with van der Waals surface area (Å²) in [6.07, 6.45) is 0. The van der Waals surface area contributed by atoms with Gasteiger partial charge in [0.25, 0.3) is 11.8 Å². The fourth-order valence-corrected chi connectivity index (χ4v) is 0.346. The maximum absolute atomic E-state index is 10.5. The number of hydrogen-bond acceptors (Lipinski definition) is 4. The first-order valence-corrected chi connectivity index (χ1v) is 2.88. The number of amides is 2. The molecule has 0 radical (unpaired) electrons. The van der Waals surface area contributed by atoms with Gasteiger partial charge in [0, 0.05) is 7.11 Å². The van der Waals surface area contributed by atoms with Gasteiger partial charge in [-0.3, -0.25) is 20.4 Å². The van der Waals surface area contributed by atoms with Crippen LogP contribution in [0.25, 0.3) is 0 Å². The van der Waals surface area contributed by atoms with Crippen molar-refractivity contribution < 1.29 is 19.4 Å². The molecule has 6 heteroatoms. The molecule has 0 spiro atoms. The van der Waals surface area contributed by atoms with Crippen LogP contribution in [0.3, 0.4) is 0 Å². The zero-order valence-electron chi connectivity index (χ0n) is 6.09. The lowest BCUT2D eigenvalue weighted by Gasteiger charge is -2.03. The smallest absolute Gasteiger partial charge is 0.264 e. The van der Waals surface area contributed by atoms with Crippen molar-refractivity contribution in [2.24, 2.45) is 0 Å². The van der Waals surface area contributed by atoms with Gasteiger partial charge in [0.1, 0.15) is 13.2 Å². The van der Waals surface area contributed by atoms with E-state index < -0.39 is 18.4 Å². The van der Waals surface area contributed by atoms with Gasteiger partial charge >= 0.3 is 0 Å². The number of nitrogens with one attached hydrogen (secondary N) is 2. The topological polar surface area (TPSA) is 87.7 Å². The minimum absolute atomic E-state index is 0.133. The van der Waals surface area contributed by atoms with E-state index in [1.807, 2.05) is 10.9 Å². The molecule has 0 atom stereocenters. The third-order valence-electron chi connectivity index (χ3n) is 0.760. The fourth-order valence-electron chi connectivity index (χ4n) is 0.346. The number of rotatable bonds is 3. The number of carbonyl (C=O) groups is 2. The van der Waals surface area contributed by atoms with Crippen LogP contribution >= 0.6 is 0 Å². The highest BCUT2D eigenvalue weighted by Crippen LogP contribution is 1.65. The molecular weight excluding hydrogens is 152 g/mol. The second-order valence-corrected chi connectivity index (χ2v) is 1.69. The molecule has 3 N–H and O–H groups in total. The van der Waals surface area contributed by atoms with Gasteiger partial charge < -0.3 is 9.84 Å². The first-order chi connectivity index (χ1) is 5.20. The van der Waals surface area contributed by atoms with E-state index in [4.69, 9.17) is 5.11 Å². The standard InChI is InChI=1S/C5H10N2O4/c1-11-3-5(10)7-6-4(9)2-8/h8H,2-3H2,1H3,(H,6,9)(H,7,10). The number of ether oxygens (including phenoxy) is 1. The molecule has 0 aromatic carbocycles. The number of carbonyl (C=O) groups excluding carboxylic acids is 2. The van der Waals surface area contributed by atoms with Crippen molar-refractivity contribution in [2.45, 2.75) is 0 Å². The molecule has 0 saturated carbocycles. The Hall–Kier alpha value is -1.14. The van der Waals surface area contributed by atoms with Crippen molar-refractivity contribution in [1.29, 1.82) is 0 Å². The quantitative estimate of drug-likeness (QED) is 0.410. The molecular formula is C5H10N2O4. The predicted octanol–water partition coefficient (Wildman–Crippen LogP) is -2.23. The predicted molar refractivity (Wildman–Crippen MR) is 35.2 cm³/mol. The molecule has 11 heavy (non-hydrogen) atoms. The molecule has 2 amide bonds. The van der Waals surface area contributed by atoms with E-state index in [0.717, 1.165) is 0 Å². The van der Waals surface area contributed by atoms with Crippen LogP contribution in [0.15, 0.2) is 0 Å². The normalized spacial score (nSPS) is 8.91. The van der Waals surface area contributed by atoms with Crippen LogP contribution in [0.5, 0.6) is 0 Å². The zero-order chi connectivity index (χ0) is 8.69. The maximum Gasteiger partial charge on any atom is 0.264 e. The number of aliphatic hydroxyl groups is 1. The number of hydrogen-bond donors (Lipinski definition) is 3. The van der Waals surface area contributed by atoms with Crippen molar-refractivity contribution >= 4 is 11.8 Å². The molecule has 0 saturated heterocycles. The van der Waals surface area contributed by atoms with Crippen LogP contribution in [-0.4, -0.2) is 37.2 Å². The van der Waals surface area contributed by atoms with E-state index in [1.165, 1.54) is 7.11 Å². The molecule has 0 aromatic rings. The van der Waals surface area contributed by atoms with Crippen LogP contribution in [0.1, 0.15) is 0 Å². The van der Waals surface area contributed by atoms with Crippen molar-refractivity contribution in [1.82, 2.24) is 10.9 Å². The summed E-state index contributed by atoms with van der Waals surface area (Å²) in [4.78, 5) is 20.8. The summed E-state index contributed by atoms with van der Waals surface area (Å²) in [5.74, 6) is -1.15. The van der Waals surface area contributed by atoms with Crippen LogP contribution in [-0.2, 0) is 14.3 Å². The van der Waals surface area contributed by atoms with E-state index in [9.17, 15) is 9.59 Å². The summed E-state index contributed by atoms with van der Waals surface area (Å²) >= 11 is 0. The molecule has 0 aliphatic carbocycles. The lowest BCUT2D eigenvalue weighted by atomic mass is 10.6. The first kappa shape index (κ1) is 9.86. The monoisotopic (exact) mass is 162 g/mol. The molecule has 6 nitrogen and oxygen atoms in total. The van der Waals surface area contributed by atoms with Crippen molar-refractivity contribution in [3.63, 3.8) is 0 Å². The molecule has 0 aliphatic heterocycles. The van der Waals surface area contributed by atoms with Crippen molar-refractivity contribution in [2.75, 3.05) is 20.3 Å². The minimum Gasteiger partial charge on any atom is -0.386 e. The second kappa shape index (κ2) is 5.63. The molecule has 0 aromatic heterocycles. The molecule has 0 heterocycles. The van der Waals surface area contributed by atoms with Crippen molar-refractivity contribution in [3.8, 4) is 0 Å². The fraction of sp³-hybridized carbons (Fsp3) is 0.600. The Morgan fingerprint density at radius 3 is 2.36 bits per heavy atom. The van der Waals surface area contributed by atoms with Gasteiger partial charge in [0.15, 0.2) is 0 Å². The Bertz CT molecular complexity index is 147.